The molecule has 0 spiro atoms. The predicted molar refractivity (Wildman–Crippen MR) is 65.5 cm³/mol. The third-order valence-corrected chi connectivity index (χ3v) is 4.24. The molecule has 2 fully saturated rings. The molecule has 0 aromatic rings. The quantitative estimate of drug-likeness (QED) is 0.787. The summed E-state index contributed by atoms with van der Waals surface area (Å²) in [6.45, 7) is 8.26. The SMILES string of the molecule is CC(C)(C(=O)C1CCCC1)N1CCNCC1. The fraction of sp³-hybridized carbons (Fsp3) is 0.923. The fourth-order valence-electron chi connectivity index (χ4n) is 3.07. The zero-order valence-corrected chi connectivity index (χ0v) is 10.6. The number of piperazine rings is 1. The third-order valence-electron chi connectivity index (χ3n) is 4.24. The second-order valence-corrected chi connectivity index (χ2v) is 5.64. The second-order valence-electron chi connectivity index (χ2n) is 5.64. The van der Waals surface area contributed by atoms with Gasteiger partial charge in [0.05, 0.1) is 5.54 Å². The largest absolute Gasteiger partial charge is 0.314 e. The average molecular weight is 224 g/mol. The number of hydrogen-bond acceptors (Lipinski definition) is 3. The molecular weight excluding hydrogens is 200 g/mol. The van der Waals surface area contributed by atoms with E-state index >= 15 is 0 Å². The highest BCUT2D eigenvalue weighted by Gasteiger charge is 2.39. The summed E-state index contributed by atoms with van der Waals surface area (Å²) in [6.07, 6.45) is 4.73. The number of nitrogens with one attached hydrogen (secondary N) is 1. The van der Waals surface area contributed by atoms with Crippen LogP contribution in [0.1, 0.15) is 39.5 Å². The van der Waals surface area contributed by atoms with Crippen molar-refractivity contribution < 1.29 is 4.79 Å². The van der Waals surface area contributed by atoms with Crippen LogP contribution in [0.2, 0.25) is 0 Å². The summed E-state index contributed by atoms with van der Waals surface area (Å²) in [7, 11) is 0. The summed E-state index contributed by atoms with van der Waals surface area (Å²) in [6, 6.07) is 0. The van der Waals surface area contributed by atoms with Gasteiger partial charge in [0.15, 0.2) is 5.78 Å². The van der Waals surface area contributed by atoms with Crippen LogP contribution in [-0.4, -0.2) is 42.4 Å². The highest BCUT2D eigenvalue weighted by atomic mass is 16.1. The molecule has 2 aliphatic rings. The Morgan fingerprint density at radius 1 is 1.19 bits per heavy atom. The van der Waals surface area contributed by atoms with Gasteiger partial charge in [-0.15, -0.1) is 0 Å². The Labute approximate surface area is 98.6 Å². The molecule has 1 aliphatic carbocycles. The van der Waals surface area contributed by atoms with E-state index in [0.29, 0.717) is 11.7 Å². The molecule has 16 heavy (non-hydrogen) atoms. The Hall–Kier alpha value is -0.410. The summed E-state index contributed by atoms with van der Waals surface area (Å²) in [4.78, 5) is 14.9. The Bertz CT molecular complexity index is 251. The molecule has 0 unspecified atom stereocenters. The first-order chi connectivity index (χ1) is 7.62. The fourth-order valence-corrected chi connectivity index (χ4v) is 3.07. The highest BCUT2D eigenvalue weighted by molar-refractivity contribution is 5.89. The van der Waals surface area contributed by atoms with Crippen molar-refractivity contribution in [2.24, 2.45) is 5.92 Å². The summed E-state index contributed by atoms with van der Waals surface area (Å²) in [5.74, 6) is 0.816. The molecule has 3 heteroatoms. The molecule has 1 saturated heterocycles. The minimum absolute atomic E-state index is 0.253. The maximum Gasteiger partial charge on any atom is 0.155 e. The predicted octanol–water partition coefficient (Wildman–Crippen LogP) is 1.43. The lowest BCUT2D eigenvalue weighted by atomic mass is 9.86. The van der Waals surface area contributed by atoms with E-state index in [1.54, 1.807) is 0 Å². The van der Waals surface area contributed by atoms with Crippen LogP contribution in [0.15, 0.2) is 0 Å². The number of ketones is 1. The van der Waals surface area contributed by atoms with Gasteiger partial charge in [-0.3, -0.25) is 9.69 Å². The van der Waals surface area contributed by atoms with Crippen LogP contribution in [0, 0.1) is 5.92 Å². The third kappa shape index (κ3) is 2.30. The number of carbonyl (C=O) groups is 1. The van der Waals surface area contributed by atoms with Gasteiger partial charge in [0, 0.05) is 32.1 Å². The molecule has 3 nitrogen and oxygen atoms in total. The van der Waals surface area contributed by atoms with Crippen LogP contribution in [0.4, 0.5) is 0 Å². The van der Waals surface area contributed by atoms with Crippen molar-refractivity contribution in [3.8, 4) is 0 Å². The van der Waals surface area contributed by atoms with Gasteiger partial charge in [0.25, 0.3) is 0 Å². The van der Waals surface area contributed by atoms with E-state index in [0.717, 1.165) is 39.0 Å². The number of rotatable bonds is 3. The number of hydrogen-bond donors (Lipinski definition) is 1. The molecule has 0 radical (unpaired) electrons. The summed E-state index contributed by atoms with van der Waals surface area (Å²) in [5.41, 5.74) is -0.253. The van der Waals surface area contributed by atoms with E-state index in [9.17, 15) is 4.79 Å². The molecule has 0 amide bonds. The Kier molecular flexibility index (Phi) is 3.65. The molecule has 1 heterocycles. The lowest BCUT2D eigenvalue weighted by Crippen LogP contribution is -2.58. The van der Waals surface area contributed by atoms with Gasteiger partial charge < -0.3 is 5.32 Å². The Morgan fingerprint density at radius 2 is 1.75 bits per heavy atom. The first-order valence-electron chi connectivity index (χ1n) is 6.62. The molecule has 0 bridgehead atoms. The average Bonchev–Trinajstić information content (AvgIpc) is 2.82. The van der Waals surface area contributed by atoms with Crippen LogP contribution >= 0.6 is 0 Å². The van der Waals surface area contributed by atoms with Crippen molar-refractivity contribution in [2.45, 2.75) is 45.1 Å². The van der Waals surface area contributed by atoms with Crippen molar-refractivity contribution >= 4 is 5.78 Å². The molecule has 2 rings (SSSR count). The normalized spacial score (nSPS) is 24.9. The van der Waals surface area contributed by atoms with Crippen LogP contribution < -0.4 is 5.32 Å². The second kappa shape index (κ2) is 4.84. The molecule has 0 aromatic heterocycles. The molecule has 1 N–H and O–H groups in total. The van der Waals surface area contributed by atoms with Crippen molar-refractivity contribution in [1.82, 2.24) is 10.2 Å². The van der Waals surface area contributed by atoms with Crippen molar-refractivity contribution in [3.63, 3.8) is 0 Å². The molecular formula is C13H24N2O. The van der Waals surface area contributed by atoms with E-state index < -0.39 is 0 Å². The van der Waals surface area contributed by atoms with Crippen molar-refractivity contribution in [2.75, 3.05) is 26.2 Å². The lowest BCUT2D eigenvalue weighted by molar-refractivity contribution is -0.133. The summed E-state index contributed by atoms with van der Waals surface area (Å²) >= 11 is 0. The number of Topliss-reactive ketones (excluding diaryl/α,β-unsaturated/α-hetero) is 1. The highest BCUT2D eigenvalue weighted by Crippen LogP contribution is 2.31. The first kappa shape index (κ1) is 12.1. The minimum Gasteiger partial charge on any atom is -0.314 e. The zero-order valence-electron chi connectivity index (χ0n) is 10.6. The molecule has 0 aromatic carbocycles. The maximum absolute atomic E-state index is 12.5. The van der Waals surface area contributed by atoms with E-state index in [2.05, 4.69) is 24.1 Å². The van der Waals surface area contributed by atoms with E-state index in [1.807, 2.05) is 0 Å². The van der Waals surface area contributed by atoms with Crippen molar-refractivity contribution in [1.29, 1.82) is 0 Å². The first-order valence-corrected chi connectivity index (χ1v) is 6.62. The zero-order chi connectivity index (χ0) is 11.6. The minimum atomic E-state index is -0.253. The van der Waals surface area contributed by atoms with Crippen LogP contribution in [0.25, 0.3) is 0 Å². The van der Waals surface area contributed by atoms with Gasteiger partial charge in [0.2, 0.25) is 0 Å². The van der Waals surface area contributed by atoms with Gasteiger partial charge in [-0.05, 0) is 26.7 Å². The molecule has 1 saturated carbocycles. The van der Waals surface area contributed by atoms with Gasteiger partial charge >= 0.3 is 0 Å². The summed E-state index contributed by atoms with van der Waals surface area (Å²) in [5, 5.41) is 3.34. The Morgan fingerprint density at radius 3 is 2.31 bits per heavy atom. The Balaban J connectivity index is 2.01. The maximum atomic E-state index is 12.5. The van der Waals surface area contributed by atoms with Crippen LogP contribution in [0.3, 0.4) is 0 Å². The van der Waals surface area contributed by atoms with Crippen LogP contribution in [0.5, 0.6) is 0 Å². The monoisotopic (exact) mass is 224 g/mol. The topological polar surface area (TPSA) is 32.3 Å². The molecule has 0 atom stereocenters. The van der Waals surface area contributed by atoms with E-state index in [-0.39, 0.29) is 5.54 Å². The smallest absolute Gasteiger partial charge is 0.155 e. The standard InChI is InChI=1S/C13H24N2O/c1-13(2,15-9-7-14-8-10-15)12(16)11-5-3-4-6-11/h11,14H,3-10H2,1-2H3. The van der Waals surface area contributed by atoms with Gasteiger partial charge in [-0.25, -0.2) is 0 Å². The van der Waals surface area contributed by atoms with Crippen molar-refractivity contribution in [3.05, 3.63) is 0 Å². The lowest BCUT2D eigenvalue weighted by Gasteiger charge is -2.41. The van der Waals surface area contributed by atoms with Crippen LogP contribution in [-0.2, 0) is 4.79 Å². The number of carbonyl (C=O) groups excluding carboxylic acids is 1. The van der Waals surface area contributed by atoms with E-state index in [1.165, 1.54) is 12.8 Å². The van der Waals surface area contributed by atoms with Gasteiger partial charge in [-0.1, -0.05) is 12.8 Å². The van der Waals surface area contributed by atoms with E-state index in [4.69, 9.17) is 0 Å². The van der Waals surface area contributed by atoms with Gasteiger partial charge in [0.1, 0.15) is 0 Å². The summed E-state index contributed by atoms with van der Waals surface area (Å²) < 4.78 is 0. The van der Waals surface area contributed by atoms with Gasteiger partial charge in [-0.2, -0.15) is 0 Å². The molecule has 92 valence electrons. The number of nitrogens with zero attached hydrogens (tertiary/aromatic N) is 1. The molecule has 1 aliphatic heterocycles.